The highest BCUT2D eigenvalue weighted by atomic mass is 35.5. The Balaban J connectivity index is 3.51. The van der Waals surface area contributed by atoms with Crippen LogP contribution in [0.1, 0.15) is 0 Å². The Labute approximate surface area is 76.4 Å². The molecule has 0 atom stereocenters. The monoisotopic (exact) mass is 196 g/mol. The van der Waals surface area contributed by atoms with E-state index >= 15 is 0 Å². The van der Waals surface area contributed by atoms with Gasteiger partial charge in [-0.15, -0.1) is 4.68 Å². The van der Waals surface area contributed by atoms with Gasteiger partial charge >= 0.3 is 0 Å². The molecular formula is C5HClN6O. The van der Waals surface area contributed by atoms with Gasteiger partial charge in [0.15, 0.2) is 0 Å². The number of halogens is 1. The third kappa shape index (κ3) is 1.59. The van der Waals surface area contributed by atoms with Crippen molar-refractivity contribution in [3.63, 3.8) is 0 Å². The molecule has 1 rings (SSSR count). The Morgan fingerprint density at radius 1 is 1.85 bits per heavy atom. The number of rotatable bonds is 1. The van der Waals surface area contributed by atoms with Crippen molar-refractivity contribution in [3.05, 3.63) is 32.0 Å². The summed E-state index contributed by atoms with van der Waals surface area (Å²) in [5.41, 5.74) is 7.15. The van der Waals surface area contributed by atoms with Gasteiger partial charge in [0.1, 0.15) is 5.02 Å². The first kappa shape index (κ1) is 9.06. The lowest BCUT2D eigenvalue weighted by Gasteiger charge is -1.95. The summed E-state index contributed by atoms with van der Waals surface area (Å²) >= 11 is 5.47. The minimum absolute atomic E-state index is 0.0966. The number of nitrogens with zero attached hydrogens (tertiary/aromatic N) is 6. The van der Waals surface area contributed by atoms with Crippen LogP contribution < -0.4 is 5.56 Å². The molecule has 0 unspecified atom stereocenters. The third-order valence-electron chi connectivity index (χ3n) is 1.15. The van der Waals surface area contributed by atoms with Gasteiger partial charge in [-0.2, -0.15) is 10.4 Å². The van der Waals surface area contributed by atoms with Crippen LogP contribution in [0.5, 0.6) is 0 Å². The number of aromatic nitrogens is 2. The Morgan fingerprint density at radius 3 is 3.08 bits per heavy atom. The molecule has 0 fully saturated rings. The van der Waals surface area contributed by atoms with Crippen LogP contribution in [0, 0.1) is 11.5 Å². The van der Waals surface area contributed by atoms with Gasteiger partial charge in [-0.05, 0) is 5.53 Å². The topological polar surface area (TPSA) is 107 Å². The summed E-state index contributed by atoms with van der Waals surface area (Å²) in [5.74, 6) is 0. The summed E-state index contributed by atoms with van der Waals surface area (Å²) in [6, 6.07) is 0. The van der Waals surface area contributed by atoms with E-state index in [0.29, 0.717) is 4.68 Å². The Bertz CT molecular complexity index is 479. The van der Waals surface area contributed by atoms with Crippen molar-refractivity contribution in [2.75, 3.05) is 0 Å². The predicted molar refractivity (Wildman–Crippen MR) is 43.3 cm³/mol. The van der Waals surface area contributed by atoms with Crippen LogP contribution >= 0.6 is 11.6 Å². The second-order valence-electron chi connectivity index (χ2n) is 1.85. The van der Waals surface area contributed by atoms with Gasteiger partial charge in [-0.25, -0.2) is 0 Å². The van der Waals surface area contributed by atoms with Crippen molar-refractivity contribution in [3.8, 4) is 6.19 Å². The lowest BCUT2D eigenvalue weighted by Crippen LogP contribution is -2.18. The van der Waals surface area contributed by atoms with Crippen LogP contribution in [0.15, 0.2) is 16.1 Å². The summed E-state index contributed by atoms with van der Waals surface area (Å²) in [4.78, 5) is 13.5. The molecule has 8 heteroatoms. The number of nitriles is 1. The largest absolute Gasteiger partial charge is 0.299 e. The first-order valence-corrected chi connectivity index (χ1v) is 3.31. The maximum Gasteiger partial charge on any atom is 0.299 e. The molecule has 1 aromatic heterocycles. The van der Waals surface area contributed by atoms with Crippen LogP contribution in [0.3, 0.4) is 0 Å². The molecule has 0 aliphatic carbocycles. The van der Waals surface area contributed by atoms with Crippen molar-refractivity contribution in [1.82, 2.24) is 9.78 Å². The standard InChI is InChI=1S/C5HClN6O/c6-4-3(10-11-8)1-9-12(2-7)5(4)13/h1H. The second-order valence-corrected chi connectivity index (χ2v) is 2.23. The van der Waals surface area contributed by atoms with E-state index in [4.69, 9.17) is 22.4 Å². The zero-order valence-corrected chi connectivity index (χ0v) is 6.80. The molecule has 0 aliphatic rings. The van der Waals surface area contributed by atoms with Crippen LogP contribution in [-0.2, 0) is 0 Å². The minimum Gasteiger partial charge on any atom is -0.265 e. The van der Waals surface area contributed by atoms with Crippen LogP contribution in [0.2, 0.25) is 5.02 Å². The molecule has 1 aromatic rings. The lowest BCUT2D eigenvalue weighted by molar-refractivity contribution is 0.822. The summed E-state index contributed by atoms with van der Waals surface area (Å²) in [6.07, 6.45) is 2.51. The summed E-state index contributed by atoms with van der Waals surface area (Å²) in [6.45, 7) is 0. The Hall–Kier alpha value is -2.03. The molecule has 13 heavy (non-hydrogen) atoms. The van der Waals surface area contributed by atoms with E-state index in [1.165, 1.54) is 6.19 Å². The maximum atomic E-state index is 11.1. The van der Waals surface area contributed by atoms with Crippen LogP contribution in [0.25, 0.3) is 10.4 Å². The zero-order chi connectivity index (χ0) is 9.84. The molecule has 0 saturated heterocycles. The maximum absolute atomic E-state index is 11.1. The molecule has 0 N–H and O–H groups in total. The summed E-state index contributed by atoms with van der Waals surface area (Å²) in [5, 5.41) is 14.5. The van der Waals surface area contributed by atoms with Gasteiger partial charge in [0.2, 0.25) is 6.19 Å². The molecule has 0 aliphatic heterocycles. The van der Waals surface area contributed by atoms with Gasteiger partial charge in [-0.1, -0.05) is 16.7 Å². The van der Waals surface area contributed by atoms with Gasteiger partial charge in [0.05, 0.1) is 11.9 Å². The van der Waals surface area contributed by atoms with E-state index in [-0.39, 0.29) is 10.7 Å². The minimum atomic E-state index is -0.811. The fraction of sp³-hybridized carbons (Fsp3) is 0. The predicted octanol–water partition coefficient (Wildman–Crippen LogP) is 1.17. The van der Waals surface area contributed by atoms with Crippen LogP contribution in [0.4, 0.5) is 5.69 Å². The van der Waals surface area contributed by atoms with Crippen molar-refractivity contribution >= 4 is 17.3 Å². The first-order chi connectivity index (χ1) is 6.20. The Kier molecular flexibility index (Phi) is 2.50. The van der Waals surface area contributed by atoms with Crippen molar-refractivity contribution in [2.45, 2.75) is 0 Å². The molecule has 0 spiro atoms. The number of azide groups is 1. The quantitative estimate of drug-likeness (QED) is 0.382. The van der Waals surface area contributed by atoms with Gasteiger partial charge < -0.3 is 0 Å². The highest BCUT2D eigenvalue weighted by molar-refractivity contribution is 6.32. The average Bonchev–Trinajstić information content (AvgIpc) is 2.14. The SMILES string of the molecule is N#Cn1ncc(N=[N+]=[N-])c(Cl)c1=O. The molecule has 0 radical (unpaired) electrons. The van der Waals surface area contributed by atoms with Gasteiger partial charge in [0, 0.05) is 4.91 Å². The molecule has 0 bridgehead atoms. The highest BCUT2D eigenvalue weighted by Crippen LogP contribution is 2.18. The first-order valence-electron chi connectivity index (χ1n) is 2.93. The van der Waals surface area contributed by atoms with Gasteiger partial charge in [-0.3, -0.25) is 4.79 Å². The molecule has 1 heterocycles. The average molecular weight is 197 g/mol. The molecule has 64 valence electrons. The number of hydrogen-bond donors (Lipinski definition) is 0. The lowest BCUT2D eigenvalue weighted by atomic mass is 10.5. The van der Waals surface area contributed by atoms with E-state index in [0.717, 1.165) is 6.20 Å². The molecular weight excluding hydrogens is 196 g/mol. The van der Waals surface area contributed by atoms with Crippen molar-refractivity contribution in [1.29, 1.82) is 5.26 Å². The second kappa shape index (κ2) is 3.58. The zero-order valence-electron chi connectivity index (χ0n) is 6.05. The van der Waals surface area contributed by atoms with E-state index in [2.05, 4.69) is 15.1 Å². The smallest absolute Gasteiger partial charge is 0.265 e. The van der Waals surface area contributed by atoms with Crippen LogP contribution in [-0.4, -0.2) is 9.78 Å². The van der Waals surface area contributed by atoms with E-state index in [1.54, 1.807) is 0 Å². The fourth-order valence-electron chi connectivity index (χ4n) is 0.613. The third-order valence-corrected chi connectivity index (χ3v) is 1.50. The van der Waals surface area contributed by atoms with E-state index in [9.17, 15) is 4.79 Å². The van der Waals surface area contributed by atoms with Crippen molar-refractivity contribution in [2.24, 2.45) is 5.11 Å². The van der Waals surface area contributed by atoms with Crippen molar-refractivity contribution < 1.29 is 0 Å². The summed E-state index contributed by atoms with van der Waals surface area (Å²) < 4.78 is 0.485. The molecule has 7 nitrogen and oxygen atoms in total. The highest BCUT2D eigenvalue weighted by Gasteiger charge is 2.06. The normalized spacial score (nSPS) is 8.62. The molecule has 0 aromatic carbocycles. The summed E-state index contributed by atoms with van der Waals surface area (Å²) in [7, 11) is 0. The van der Waals surface area contributed by atoms with E-state index < -0.39 is 5.56 Å². The van der Waals surface area contributed by atoms with E-state index in [1.807, 2.05) is 0 Å². The fourth-order valence-corrected chi connectivity index (χ4v) is 0.780. The molecule has 0 saturated carbocycles. The van der Waals surface area contributed by atoms with Gasteiger partial charge in [0.25, 0.3) is 5.56 Å². The Morgan fingerprint density at radius 2 is 2.54 bits per heavy atom. The number of hydrogen-bond acceptors (Lipinski definition) is 4. The molecule has 0 amide bonds.